The van der Waals surface area contributed by atoms with Gasteiger partial charge in [-0.25, -0.2) is 19.2 Å². The molecule has 8 rings (SSSR count). The number of likely N-dealkylation sites (tertiary alicyclic amines) is 1. The molecule has 34 nitrogen and oxygen atoms in total. The molecule has 10 amide bonds. The molecule has 2 fully saturated rings. The lowest BCUT2D eigenvalue weighted by atomic mass is 9.89. The molecule has 0 radical (unpaired) electrons. The third-order valence-electron chi connectivity index (χ3n) is 23.8. The number of aliphatic hydroxyl groups excluding tert-OH is 1. The number of fused-ring (bicyclic) bond motifs is 1. The normalized spacial score (nSPS) is 15.9. The van der Waals surface area contributed by atoms with E-state index in [1.807, 2.05) is 64.1 Å². The Morgan fingerprint density at radius 3 is 1.98 bits per heavy atom. The van der Waals surface area contributed by atoms with Gasteiger partial charge in [0.1, 0.15) is 48.2 Å². The van der Waals surface area contributed by atoms with Gasteiger partial charge >= 0.3 is 6.09 Å². The molecule has 0 unspecified atom stereocenters. The molecule has 2 saturated heterocycles. The van der Waals surface area contributed by atoms with Gasteiger partial charge in [-0.2, -0.15) is 0 Å². The molecule has 2 aliphatic heterocycles. The number of likely N-dealkylation sites (N-methyl/N-ethyl adjacent to an activating group) is 2. The predicted octanol–water partition coefficient (Wildman–Crippen LogP) is 8.94. The standard InChI is InChI=1S/C95H139ClFN17O17/c1-16-60(9)84(76(126-15)53-79(117)114-36-20-23-71(114)49-61(10)89(119)104-62(11)86(118)64-21-18-17-19-22-64)111(13)94(124)82(57(4)5)110-93(123)83(58(6)7)112(14)95(125)131-55-65-24-26-70(52-72(65)91(121)102-33-32-98)106-90(120)63(12)105-92(122)81(56(2)3)109-78(116)31-40-128-42-44-130-46-45-129-43-41-127-39-30-77(115)100-34-35-101-87-80(88-107-74-27-25-67(96)51-75(74)108-88)85(113-37-28-69(99)29-38-113)73(54-103-87)66-47-59(8)48-68(97)50-66/h17-19,21-22,24-27,47-48,50-52,54,56-58,60-63,69,71,76,81-84,86,118H,16,20,23,28-46,49,53,55,98-99H2,1-15H3,(H,100,115)(H,101,103)(H,102,121)(H,104,119)(H,105,122)(H,106,120)(H,107,108)(H,109,116)(H,110,123)/t60-,61+,62+,63-,71-,76+,81-,82-,83-,84-,86+/m0/s1. The summed E-state index contributed by atoms with van der Waals surface area (Å²) in [5, 5.41) is 34.5. The van der Waals surface area contributed by atoms with E-state index in [1.165, 1.54) is 51.4 Å². The van der Waals surface area contributed by atoms with Gasteiger partial charge in [-0.15, -0.1) is 0 Å². The van der Waals surface area contributed by atoms with Crippen molar-refractivity contribution in [3.63, 3.8) is 0 Å². The van der Waals surface area contributed by atoms with Crippen LogP contribution in [0, 0.1) is 42.3 Å². The Morgan fingerprint density at radius 1 is 0.695 bits per heavy atom. The zero-order valence-electron chi connectivity index (χ0n) is 78.6. The van der Waals surface area contributed by atoms with Gasteiger partial charge in [0.15, 0.2) is 0 Å². The maximum absolute atomic E-state index is 15.0. The number of methoxy groups -OCH3 is 1. The average Bonchev–Trinajstić information content (AvgIpc) is 1.72. The number of ether oxygens (including phenoxy) is 6. The van der Waals surface area contributed by atoms with Crippen molar-refractivity contribution in [2.45, 2.75) is 208 Å². The third kappa shape index (κ3) is 31.3. The summed E-state index contributed by atoms with van der Waals surface area (Å²) in [6.45, 7) is 25.1. The molecule has 36 heteroatoms. The van der Waals surface area contributed by atoms with Crippen LogP contribution in [0.5, 0.6) is 0 Å². The number of hydrogen-bond donors (Lipinski definition) is 12. The van der Waals surface area contributed by atoms with E-state index in [0.717, 1.165) is 46.5 Å². The van der Waals surface area contributed by atoms with Crippen LogP contribution in [0.15, 0.2) is 91.1 Å². The number of aliphatic hydroxyl groups is 1. The highest BCUT2D eigenvalue weighted by Crippen LogP contribution is 2.44. The fraction of sp³-hybridized carbons (Fsp3) is 0.579. The van der Waals surface area contributed by atoms with Gasteiger partial charge < -0.3 is 107 Å². The van der Waals surface area contributed by atoms with Gasteiger partial charge in [-0.1, -0.05) is 123 Å². The Morgan fingerprint density at radius 2 is 1.35 bits per heavy atom. The molecule has 6 aromatic rings. The Labute approximate surface area is 773 Å². The maximum atomic E-state index is 15.0. The van der Waals surface area contributed by atoms with E-state index in [2.05, 4.69) is 52.4 Å². The number of H-pyrrole nitrogens is 1. The molecule has 4 heterocycles. The lowest BCUT2D eigenvalue weighted by Crippen LogP contribution is -2.60. The monoisotopic (exact) mass is 1840 g/mol. The number of carbonyl (C=O) groups is 10. The number of hydrogen-bond acceptors (Lipinski definition) is 23. The second-order valence-corrected chi connectivity index (χ2v) is 35.5. The van der Waals surface area contributed by atoms with Crippen LogP contribution >= 0.6 is 11.6 Å². The van der Waals surface area contributed by atoms with Crippen LogP contribution in [0.3, 0.4) is 0 Å². The smallest absolute Gasteiger partial charge is 0.410 e. The summed E-state index contributed by atoms with van der Waals surface area (Å²) in [7, 11) is 4.53. The van der Waals surface area contributed by atoms with Crippen molar-refractivity contribution in [1.82, 2.24) is 61.6 Å². The van der Waals surface area contributed by atoms with Crippen LogP contribution in [-0.4, -0.2) is 268 Å². The number of amides is 10. The number of rotatable bonds is 52. The highest BCUT2D eigenvalue weighted by molar-refractivity contribution is 6.31. The number of aromatic nitrogens is 3. The molecule has 0 aliphatic carbocycles. The molecule has 2 aromatic heterocycles. The van der Waals surface area contributed by atoms with Gasteiger partial charge in [0.05, 0.1) is 106 Å². The van der Waals surface area contributed by atoms with E-state index in [1.54, 1.807) is 89.7 Å². The van der Waals surface area contributed by atoms with Crippen molar-refractivity contribution in [2.75, 3.05) is 135 Å². The number of aromatic amines is 1. The highest BCUT2D eigenvalue weighted by Gasteiger charge is 2.43. The van der Waals surface area contributed by atoms with Crippen molar-refractivity contribution in [2.24, 2.45) is 41.1 Å². The topological polar surface area (TPSA) is 449 Å². The minimum atomic E-state index is -1.16. The van der Waals surface area contributed by atoms with Crippen LogP contribution < -0.4 is 58.9 Å². The van der Waals surface area contributed by atoms with E-state index in [0.29, 0.717) is 84.3 Å². The van der Waals surface area contributed by atoms with Crippen LogP contribution in [0.1, 0.15) is 167 Å². The van der Waals surface area contributed by atoms with Gasteiger partial charge in [-0.3, -0.25) is 48.1 Å². The fourth-order valence-corrected chi connectivity index (χ4v) is 16.5. The zero-order valence-corrected chi connectivity index (χ0v) is 79.3. The molecule has 14 N–H and O–H groups in total. The Balaban J connectivity index is 0.723. The first-order chi connectivity index (χ1) is 62.5. The summed E-state index contributed by atoms with van der Waals surface area (Å²) in [5.74, 6) is -5.33. The first-order valence-corrected chi connectivity index (χ1v) is 46.0. The Kier molecular flexibility index (Phi) is 42.6. The number of aryl methyl sites for hydroxylation is 1. The molecular formula is C95H139ClFN17O17. The quantitative estimate of drug-likeness (QED) is 0.0158. The molecule has 131 heavy (non-hydrogen) atoms. The summed E-state index contributed by atoms with van der Waals surface area (Å²) in [6, 6.07) is 18.0. The average molecular weight is 1850 g/mol. The van der Waals surface area contributed by atoms with Crippen molar-refractivity contribution in [1.29, 1.82) is 0 Å². The fourth-order valence-electron chi connectivity index (χ4n) is 16.3. The Hall–Kier alpha value is -10.5. The highest BCUT2D eigenvalue weighted by atomic mass is 35.5. The number of halogens is 2. The second kappa shape index (κ2) is 52.7. The van der Waals surface area contributed by atoms with E-state index in [9.17, 15) is 57.4 Å². The number of benzene rings is 4. The number of nitrogens with zero attached hydrogens (tertiary/aromatic N) is 6. The molecule has 0 spiro atoms. The number of piperidine rings is 1. The number of carbonyl (C=O) groups excluding carboxylic acids is 10. The predicted molar refractivity (Wildman–Crippen MR) is 501 cm³/mol. The molecular weight excluding hydrogens is 1710 g/mol. The van der Waals surface area contributed by atoms with Crippen LogP contribution in [-0.2, 0) is 73.4 Å². The van der Waals surface area contributed by atoms with Gasteiger partial charge in [-0.05, 0) is 136 Å². The maximum Gasteiger partial charge on any atom is 0.410 e. The minimum Gasteiger partial charge on any atom is -0.445 e. The van der Waals surface area contributed by atoms with Crippen LogP contribution in [0.4, 0.5) is 26.4 Å². The number of pyridine rings is 1. The third-order valence-corrected chi connectivity index (χ3v) is 24.1. The number of imidazole rings is 1. The van der Waals surface area contributed by atoms with E-state index >= 15 is 0 Å². The summed E-state index contributed by atoms with van der Waals surface area (Å²) in [5.41, 5.74) is 18.3. The summed E-state index contributed by atoms with van der Waals surface area (Å²) < 4.78 is 49.4. The summed E-state index contributed by atoms with van der Waals surface area (Å²) in [4.78, 5) is 159. The molecule has 0 saturated carbocycles. The molecule has 11 atom stereocenters. The van der Waals surface area contributed by atoms with E-state index in [4.69, 9.17) is 61.5 Å². The zero-order chi connectivity index (χ0) is 95.7. The van der Waals surface area contributed by atoms with Gasteiger partial charge in [0.25, 0.3) is 5.91 Å². The van der Waals surface area contributed by atoms with Crippen LogP contribution in [0.2, 0.25) is 5.02 Å². The van der Waals surface area contributed by atoms with E-state index < -0.39 is 120 Å². The summed E-state index contributed by atoms with van der Waals surface area (Å²) >= 11 is 6.39. The van der Waals surface area contributed by atoms with Crippen molar-refractivity contribution in [3.8, 4) is 22.5 Å². The van der Waals surface area contributed by atoms with Crippen molar-refractivity contribution in [3.05, 3.63) is 124 Å². The number of nitrogens with one attached hydrogen (secondary N) is 9. The molecule has 4 aromatic carbocycles. The second-order valence-electron chi connectivity index (χ2n) is 35.0. The first-order valence-electron chi connectivity index (χ1n) is 45.7. The lowest BCUT2D eigenvalue weighted by molar-refractivity contribution is -0.146. The van der Waals surface area contributed by atoms with Crippen molar-refractivity contribution >= 4 is 99.1 Å². The largest absolute Gasteiger partial charge is 0.445 e. The first kappa shape index (κ1) is 106. The molecule has 720 valence electrons. The molecule has 2 aliphatic rings. The van der Waals surface area contributed by atoms with E-state index in [-0.39, 0.29) is 150 Å². The number of anilines is 3. The number of nitrogens with two attached hydrogens (primary N) is 2. The Bertz CT molecular complexity index is 4730. The van der Waals surface area contributed by atoms with Gasteiger partial charge in [0, 0.05) is 131 Å². The summed E-state index contributed by atoms with van der Waals surface area (Å²) in [6.07, 6.45) is 3.14. The molecule has 0 bridgehead atoms. The van der Waals surface area contributed by atoms with Crippen LogP contribution in [0.25, 0.3) is 33.5 Å². The van der Waals surface area contributed by atoms with Gasteiger partial charge in [0.2, 0.25) is 47.3 Å². The lowest BCUT2D eigenvalue weighted by Gasteiger charge is -2.40. The SMILES string of the molecule is CC[C@H](C)[C@@H]([C@@H](CC(=O)N1CCC[C@H]1C[C@@H](C)C(=O)N[C@H](C)[C@@H](O)c1ccccc1)OC)N(C)C(=O)[C@@H](NC(=O)[C@H](C(C)C)N(C)C(=O)OCc1ccc(NC(=O)[C@H](C)NC(=O)[C@@H](NC(=O)CCOCCOCCOCCOCCC(=O)NCCNc2ncc(-c3cc(C)cc(F)c3)c(N3CCC(N)CC3)c2-c2nc3ccc(Cl)cc3[nH]2)C(C)C)cc1C(=O)NCCN)C(C)C. The van der Waals surface area contributed by atoms with Crippen molar-refractivity contribution < 1.29 is 85.9 Å². The minimum absolute atomic E-state index is 0.0133.